The smallest absolute Gasteiger partial charge is 0.263 e. The monoisotopic (exact) mass is 320 g/mol. The maximum absolute atomic E-state index is 12.8. The molecule has 2 amide bonds. The molecular weight excluding hydrogens is 304 g/mol. The van der Waals surface area contributed by atoms with E-state index in [1.165, 1.54) is 4.90 Å². The Hall–Kier alpha value is -3.02. The second kappa shape index (κ2) is 5.56. The molecule has 2 aromatic rings. The van der Waals surface area contributed by atoms with E-state index in [9.17, 15) is 9.59 Å². The fraction of sp³-hybridized carbons (Fsp3) is 0.222. The first kappa shape index (κ1) is 14.6. The van der Waals surface area contributed by atoms with E-state index in [0.717, 1.165) is 11.1 Å². The molecule has 0 spiro atoms. The number of rotatable bonds is 3. The van der Waals surface area contributed by atoms with Crippen molar-refractivity contribution in [2.24, 2.45) is 10.3 Å². The average molecular weight is 320 g/mol. The maximum Gasteiger partial charge on any atom is 0.263 e. The second-order valence-corrected chi connectivity index (χ2v) is 6.03. The Morgan fingerprint density at radius 3 is 2.54 bits per heavy atom. The van der Waals surface area contributed by atoms with Crippen LogP contribution >= 0.6 is 0 Å². The van der Waals surface area contributed by atoms with E-state index in [2.05, 4.69) is 10.3 Å². The molecular formula is C18H16N4O2. The van der Waals surface area contributed by atoms with Gasteiger partial charge in [-0.15, -0.1) is 0 Å². The number of carbonyl (C=O) groups is 2. The summed E-state index contributed by atoms with van der Waals surface area (Å²) in [4.78, 5) is 26.6. The van der Waals surface area contributed by atoms with Crippen LogP contribution in [0.5, 0.6) is 0 Å². The van der Waals surface area contributed by atoms with Gasteiger partial charge in [-0.2, -0.15) is 5.11 Å². The Morgan fingerprint density at radius 2 is 1.79 bits per heavy atom. The summed E-state index contributed by atoms with van der Waals surface area (Å²) >= 11 is 0. The summed E-state index contributed by atoms with van der Waals surface area (Å²) in [6.45, 7) is 2.47. The lowest BCUT2D eigenvalue weighted by Crippen LogP contribution is -2.39. The minimum atomic E-state index is -0.748. The molecule has 6 nitrogen and oxygen atoms in total. The zero-order valence-corrected chi connectivity index (χ0v) is 13.2. The first-order valence-electron chi connectivity index (χ1n) is 7.81. The van der Waals surface area contributed by atoms with Crippen molar-refractivity contribution in [3.63, 3.8) is 0 Å². The third-order valence-electron chi connectivity index (χ3n) is 4.30. The van der Waals surface area contributed by atoms with Crippen molar-refractivity contribution in [2.75, 3.05) is 4.90 Å². The van der Waals surface area contributed by atoms with Crippen molar-refractivity contribution in [1.29, 1.82) is 0 Å². The van der Waals surface area contributed by atoms with Gasteiger partial charge in [-0.1, -0.05) is 53.3 Å². The molecule has 2 atom stereocenters. The SMILES string of the molecule is Cc1cccc(CN2N=N[C@H]3C(=O)N(c4ccccc4)C(=O)[C@@H]32)c1. The third kappa shape index (κ3) is 2.27. The number of fused-ring (bicyclic) bond motifs is 1. The molecule has 1 saturated heterocycles. The summed E-state index contributed by atoms with van der Waals surface area (Å²) in [5, 5.41) is 9.72. The van der Waals surface area contributed by atoms with Gasteiger partial charge in [0.2, 0.25) is 0 Å². The highest BCUT2D eigenvalue weighted by Crippen LogP contribution is 2.32. The Morgan fingerprint density at radius 1 is 1.00 bits per heavy atom. The molecule has 0 saturated carbocycles. The fourth-order valence-electron chi connectivity index (χ4n) is 3.18. The largest absolute Gasteiger partial charge is 0.271 e. The topological polar surface area (TPSA) is 65.3 Å². The molecule has 120 valence electrons. The lowest BCUT2D eigenvalue weighted by Gasteiger charge is -2.20. The molecule has 0 bridgehead atoms. The highest BCUT2D eigenvalue weighted by atomic mass is 16.2. The number of aryl methyl sites for hydroxylation is 1. The summed E-state index contributed by atoms with van der Waals surface area (Å²) in [6.07, 6.45) is 0. The number of nitrogens with zero attached hydrogens (tertiary/aromatic N) is 4. The number of amides is 2. The molecule has 2 aliphatic rings. The minimum Gasteiger partial charge on any atom is -0.271 e. The van der Waals surface area contributed by atoms with Crippen LogP contribution in [0.25, 0.3) is 0 Å². The summed E-state index contributed by atoms with van der Waals surface area (Å²) in [5.74, 6) is -0.583. The van der Waals surface area contributed by atoms with E-state index in [1.54, 1.807) is 29.3 Å². The van der Waals surface area contributed by atoms with E-state index < -0.39 is 12.1 Å². The van der Waals surface area contributed by atoms with Gasteiger partial charge in [0.15, 0.2) is 12.1 Å². The minimum absolute atomic E-state index is 0.270. The van der Waals surface area contributed by atoms with E-state index in [1.807, 2.05) is 37.3 Å². The van der Waals surface area contributed by atoms with Crippen molar-refractivity contribution in [2.45, 2.75) is 25.6 Å². The summed E-state index contributed by atoms with van der Waals surface area (Å²) < 4.78 is 0. The average Bonchev–Trinajstić information content (AvgIpc) is 3.09. The Labute approximate surface area is 139 Å². The summed E-state index contributed by atoms with van der Waals surface area (Å²) in [5.41, 5.74) is 2.75. The summed E-state index contributed by atoms with van der Waals surface area (Å²) in [6, 6.07) is 15.5. The third-order valence-corrected chi connectivity index (χ3v) is 4.30. The van der Waals surface area contributed by atoms with Crippen LogP contribution in [0.4, 0.5) is 5.69 Å². The first-order chi connectivity index (χ1) is 11.6. The number of imide groups is 1. The van der Waals surface area contributed by atoms with E-state index in [-0.39, 0.29) is 11.8 Å². The van der Waals surface area contributed by atoms with E-state index >= 15 is 0 Å². The van der Waals surface area contributed by atoms with Gasteiger partial charge in [0, 0.05) is 0 Å². The standard InChI is InChI=1S/C18H16N4O2/c1-12-6-5-7-13(10-12)11-21-16-15(19-20-21)17(23)22(18(16)24)14-8-3-2-4-9-14/h2-10,15-16H,11H2,1H3/t15-,16-/m1/s1. The number of benzene rings is 2. The van der Waals surface area contributed by atoms with Crippen molar-refractivity contribution >= 4 is 17.5 Å². The van der Waals surface area contributed by atoms with Crippen molar-refractivity contribution in [3.8, 4) is 0 Å². The zero-order chi connectivity index (χ0) is 16.7. The number of hydrogen-bond acceptors (Lipinski definition) is 5. The van der Waals surface area contributed by atoms with Crippen LogP contribution in [0, 0.1) is 6.92 Å². The predicted molar refractivity (Wildman–Crippen MR) is 88.1 cm³/mol. The number of anilines is 1. The summed E-state index contributed by atoms with van der Waals surface area (Å²) in [7, 11) is 0. The molecule has 2 heterocycles. The normalized spacial score (nSPS) is 22.4. The van der Waals surface area contributed by atoms with Crippen LogP contribution in [0.1, 0.15) is 11.1 Å². The van der Waals surface area contributed by atoms with Crippen LogP contribution in [0.2, 0.25) is 0 Å². The van der Waals surface area contributed by atoms with Crippen molar-refractivity contribution in [3.05, 3.63) is 65.7 Å². The molecule has 6 heteroatoms. The Balaban J connectivity index is 1.61. The Kier molecular flexibility index (Phi) is 3.37. The molecule has 4 rings (SSSR count). The van der Waals surface area contributed by atoms with Gasteiger partial charge in [-0.05, 0) is 24.6 Å². The molecule has 0 aromatic heterocycles. The van der Waals surface area contributed by atoms with Crippen LogP contribution in [0.3, 0.4) is 0 Å². The Bertz CT molecular complexity index is 834. The highest BCUT2D eigenvalue weighted by Gasteiger charge is 2.54. The molecule has 24 heavy (non-hydrogen) atoms. The van der Waals surface area contributed by atoms with Crippen LogP contribution < -0.4 is 4.90 Å². The maximum atomic E-state index is 12.8. The predicted octanol–water partition coefficient (Wildman–Crippen LogP) is 2.49. The van der Waals surface area contributed by atoms with Crippen LogP contribution in [-0.4, -0.2) is 28.9 Å². The zero-order valence-electron chi connectivity index (χ0n) is 13.2. The van der Waals surface area contributed by atoms with Gasteiger partial charge in [-0.3, -0.25) is 14.6 Å². The molecule has 1 fully saturated rings. The highest BCUT2D eigenvalue weighted by molar-refractivity contribution is 6.25. The van der Waals surface area contributed by atoms with Crippen molar-refractivity contribution in [1.82, 2.24) is 5.01 Å². The van der Waals surface area contributed by atoms with Gasteiger partial charge in [0.05, 0.1) is 12.2 Å². The van der Waals surface area contributed by atoms with Crippen LogP contribution in [0.15, 0.2) is 64.9 Å². The lowest BCUT2D eigenvalue weighted by atomic mass is 10.1. The molecule has 0 radical (unpaired) electrons. The molecule has 0 aliphatic carbocycles. The van der Waals surface area contributed by atoms with E-state index in [0.29, 0.717) is 12.2 Å². The molecule has 2 aliphatic heterocycles. The fourth-order valence-corrected chi connectivity index (χ4v) is 3.18. The molecule has 0 unspecified atom stereocenters. The van der Waals surface area contributed by atoms with Crippen LogP contribution in [-0.2, 0) is 16.1 Å². The quantitative estimate of drug-likeness (QED) is 0.816. The van der Waals surface area contributed by atoms with Gasteiger partial charge in [0.1, 0.15) is 0 Å². The number of carbonyl (C=O) groups excluding carboxylic acids is 2. The van der Waals surface area contributed by atoms with Crippen molar-refractivity contribution < 1.29 is 9.59 Å². The first-order valence-corrected chi connectivity index (χ1v) is 7.81. The molecule has 2 aromatic carbocycles. The lowest BCUT2D eigenvalue weighted by molar-refractivity contribution is -0.123. The number of para-hydroxylation sites is 1. The van der Waals surface area contributed by atoms with Gasteiger partial charge >= 0.3 is 0 Å². The number of hydrogen-bond donors (Lipinski definition) is 0. The van der Waals surface area contributed by atoms with Gasteiger partial charge < -0.3 is 0 Å². The molecule has 0 N–H and O–H groups in total. The van der Waals surface area contributed by atoms with Gasteiger partial charge in [0.25, 0.3) is 11.8 Å². The second-order valence-electron chi connectivity index (χ2n) is 6.03. The van der Waals surface area contributed by atoms with E-state index in [4.69, 9.17) is 0 Å². The van der Waals surface area contributed by atoms with Gasteiger partial charge in [-0.25, -0.2) is 4.90 Å².